The average Bonchev–Trinajstić information content (AvgIpc) is 2.95. The van der Waals surface area contributed by atoms with Crippen molar-refractivity contribution in [1.82, 2.24) is 9.78 Å². The number of hydrogen-bond acceptors (Lipinski definition) is 3. The smallest absolute Gasteiger partial charge is 0.168 e. The summed E-state index contributed by atoms with van der Waals surface area (Å²) in [6, 6.07) is 10.0. The molecule has 0 radical (unpaired) electrons. The molecule has 2 rings (SSSR count). The second-order valence-electron chi connectivity index (χ2n) is 4.87. The van der Waals surface area contributed by atoms with Gasteiger partial charge in [0.2, 0.25) is 0 Å². The van der Waals surface area contributed by atoms with E-state index in [1.165, 1.54) is 4.90 Å². The van der Waals surface area contributed by atoms with E-state index in [0.717, 1.165) is 17.7 Å². The van der Waals surface area contributed by atoms with E-state index in [2.05, 4.69) is 18.9 Å². The average molecular weight is 288 g/mol. The summed E-state index contributed by atoms with van der Waals surface area (Å²) in [6.45, 7) is 4.25. The molecule has 0 aliphatic rings. The van der Waals surface area contributed by atoms with Crippen LogP contribution in [0.25, 0.3) is 0 Å². The standard InChI is InChI=1S/C16H20N2OS/c1-4-12(2)18-10-9-14(17-18)11-16(19)13-5-7-15(20-3)8-6-13/h5-10,12H,4,11H2,1-3H3. The zero-order valence-electron chi connectivity index (χ0n) is 12.2. The lowest BCUT2D eigenvalue weighted by molar-refractivity contribution is 0.0991. The Morgan fingerprint density at radius 1 is 1.30 bits per heavy atom. The minimum Gasteiger partial charge on any atom is -0.294 e. The van der Waals surface area contributed by atoms with Crippen LogP contribution >= 0.6 is 11.8 Å². The van der Waals surface area contributed by atoms with Crippen LogP contribution in [0, 0.1) is 0 Å². The Morgan fingerprint density at radius 2 is 2.00 bits per heavy atom. The molecule has 4 heteroatoms. The fraction of sp³-hybridized carbons (Fsp3) is 0.375. The van der Waals surface area contributed by atoms with Gasteiger partial charge < -0.3 is 0 Å². The van der Waals surface area contributed by atoms with Gasteiger partial charge in [-0.25, -0.2) is 0 Å². The summed E-state index contributed by atoms with van der Waals surface area (Å²) in [6.07, 6.45) is 5.37. The van der Waals surface area contributed by atoms with Gasteiger partial charge in [0.05, 0.1) is 12.1 Å². The summed E-state index contributed by atoms with van der Waals surface area (Å²) in [4.78, 5) is 13.4. The van der Waals surface area contributed by atoms with Crippen LogP contribution in [0.1, 0.15) is 42.4 Å². The SMILES string of the molecule is CCC(C)n1ccc(CC(=O)c2ccc(SC)cc2)n1. The van der Waals surface area contributed by atoms with Gasteiger partial charge >= 0.3 is 0 Å². The Balaban J connectivity index is 2.05. The predicted octanol–water partition coefficient (Wildman–Crippen LogP) is 4.00. The largest absolute Gasteiger partial charge is 0.294 e. The molecule has 1 atom stereocenters. The first-order valence-corrected chi connectivity index (χ1v) is 8.07. The van der Waals surface area contributed by atoms with Gasteiger partial charge in [0, 0.05) is 22.7 Å². The molecule has 0 bridgehead atoms. The Labute approximate surface area is 124 Å². The molecule has 0 spiro atoms. The molecule has 0 aliphatic heterocycles. The quantitative estimate of drug-likeness (QED) is 0.595. The van der Waals surface area contributed by atoms with Crippen LogP contribution in [0.2, 0.25) is 0 Å². The van der Waals surface area contributed by atoms with Crippen LogP contribution < -0.4 is 0 Å². The molecule has 0 amide bonds. The Morgan fingerprint density at radius 3 is 2.60 bits per heavy atom. The second kappa shape index (κ2) is 6.75. The summed E-state index contributed by atoms with van der Waals surface area (Å²) in [5.74, 6) is 0.118. The highest BCUT2D eigenvalue weighted by atomic mass is 32.2. The molecule has 20 heavy (non-hydrogen) atoms. The summed E-state index contributed by atoms with van der Waals surface area (Å²) in [5, 5.41) is 4.47. The Bertz CT molecular complexity index is 574. The van der Waals surface area contributed by atoms with Gasteiger partial charge in [-0.1, -0.05) is 19.1 Å². The van der Waals surface area contributed by atoms with E-state index in [1.807, 2.05) is 47.5 Å². The van der Waals surface area contributed by atoms with Crippen molar-refractivity contribution in [3.63, 3.8) is 0 Å². The molecule has 0 saturated carbocycles. The first kappa shape index (κ1) is 14.9. The maximum absolute atomic E-state index is 12.2. The zero-order valence-corrected chi connectivity index (χ0v) is 13.0. The Hall–Kier alpha value is -1.55. The number of rotatable bonds is 6. The molecule has 0 saturated heterocycles. The van der Waals surface area contributed by atoms with Crippen molar-refractivity contribution in [1.29, 1.82) is 0 Å². The third-order valence-electron chi connectivity index (χ3n) is 3.46. The topological polar surface area (TPSA) is 34.9 Å². The molecular formula is C16H20N2OS. The van der Waals surface area contributed by atoms with Gasteiger partial charge in [0.15, 0.2) is 5.78 Å². The first-order chi connectivity index (χ1) is 9.63. The molecular weight excluding hydrogens is 268 g/mol. The highest BCUT2D eigenvalue weighted by Gasteiger charge is 2.10. The van der Waals surface area contributed by atoms with Gasteiger partial charge in [0.25, 0.3) is 0 Å². The number of aromatic nitrogens is 2. The molecule has 0 aliphatic carbocycles. The number of thioether (sulfide) groups is 1. The minimum absolute atomic E-state index is 0.118. The van der Waals surface area contributed by atoms with Crippen LogP contribution in [0.15, 0.2) is 41.4 Å². The first-order valence-electron chi connectivity index (χ1n) is 6.85. The number of carbonyl (C=O) groups is 1. The maximum Gasteiger partial charge on any atom is 0.168 e. The number of benzene rings is 1. The maximum atomic E-state index is 12.2. The number of ketones is 1. The molecule has 1 heterocycles. The fourth-order valence-electron chi connectivity index (χ4n) is 1.95. The highest BCUT2D eigenvalue weighted by molar-refractivity contribution is 7.98. The molecule has 1 unspecified atom stereocenters. The lowest BCUT2D eigenvalue weighted by Gasteiger charge is -2.08. The van der Waals surface area contributed by atoms with E-state index in [-0.39, 0.29) is 5.78 Å². The number of hydrogen-bond donors (Lipinski definition) is 0. The van der Waals surface area contributed by atoms with Gasteiger partial charge in [-0.15, -0.1) is 11.8 Å². The van der Waals surface area contributed by atoms with E-state index in [4.69, 9.17) is 0 Å². The van der Waals surface area contributed by atoms with E-state index in [9.17, 15) is 4.79 Å². The van der Waals surface area contributed by atoms with Crippen molar-refractivity contribution >= 4 is 17.5 Å². The van der Waals surface area contributed by atoms with Crippen LogP contribution in [0.3, 0.4) is 0 Å². The van der Waals surface area contributed by atoms with E-state index >= 15 is 0 Å². The van der Waals surface area contributed by atoms with Crippen molar-refractivity contribution in [3.8, 4) is 0 Å². The summed E-state index contributed by atoms with van der Waals surface area (Å²) in [5.41, 5.74) is 1.59. The Kier molecular flexibility index (Phi) is 5.01. The lowest BCUT2D eigenvalue weighted by atomic mass is 10.1. The molecule has 0 fully saturated rings. The molecule has 2 aromatic rings. The monoisotopic (exact) mass is 288 g/mol. The summed E-state index contributed by atoms with van der Waals surface area (Å²) < 4.78 is 1.93. The van der Waals surface area contributed by atoms with Crippen LogP contribution in [0.5, 0.6) is 0 Å². The van der Waals surface area contributed by atoms with E-state index in [0.29, 0.717) is 12.5 Å². The molecule has 3 nitrogen and oxygen atoms in total. The van der Waals surface area contributed by atoms with Crippen molar-refractivity contribution in [2.45, 2.75) is 37.6 Å². The molecule has 1 aromatic heterocycles. The van der Waals surface area contributed by atoms with Crippen LogP contribution in [0.4, 0.5) is 0 Å². The second-order valence-corrected chi connectivity index (χ2v) is 5.75. The van der Waals surface area contributed by atoms with Crippen molar-refractivity contribution in [2.75, 3.05) is 6.26 Å². The summed E-state index contributed by atoms with van der Waals surface area (Å²) in [7, 11) is 0. The highest BCUT2D eigenvalue weighted by Crippen LogP contribution is 2.16. The van der Waals surface area contributed by atoms with Gasteiger partial charge in [-0.05, 0) is 37.8 Å². The van der Waals surface area contributed by atoms with Gasteiger partial charge in [-0.2, -0.15) is 5.10 Å². The zero-order chi connectivity index (χ0) is 14.5. The van der Waals surface area contributed by atoms with Gasteiger partial charge in [0.1, 0.15) is 0 Å². The van der Waals surface area contributed by atoms with Crippen molar-refractivity contribution < 1.29 is 4.79 Å². The minimum atomic E-state index is 0.118. The third-order valence-corrected chi connectivity index (χ3v) is 4.20. The molecule has 0 N–H and O–H groups in total. The molecule has 106 valence electrons. The number of nitrogens with zero attached hydrogens (tertiary/aromatic N) is 2. The van der Waals surface area contributed by atoms with Crippen LogP contribution in [-0.2, 0) is 6.42 Å². The predicted molar refractivity (Wildman–Crippen MR) is 83.5 cm³/mol. The third kappa shape index (κ3) is 3.51. The number of carbonyl (C=O) groups excluding carboxylic acids is 1. The normalized spacial score (nSPS) is 12.3. The van der Waals surface area contributed by atoms with E-state index < -0.39 is 0 Å². The number of Topliss-reactive ketones (excluding diaryl/α,β-unsaturated/α-hetero) is 1. The van der Waals surface area contributed by atoms with Crippen molar-refractivity contribution in [2.24, 2.45) is 0 Å². The van der Waals surface area contributed by atoms with Gasteiger partial charge in [-0.3, -0.25) is 9.48 Å². The fourth-order valence-corrected chi connectivity index (χ4v) is 2.36. The van der Waals surface area contributed by atoms with Crippen LogP contribution in [-0.4, -0.2) is 21.8 Å². The summed E-state index contributed by atoms with van der Waals surface area (Å²) >= 11 is 1.68. The van der Waals surface area contributed by atoms with Crippen molar-refractivity contribution in [3.05, 3.63) is 47.8 Å². The van der Waals surface area contributed by atoms with E-state index in [1.54, 1.807) is 11.8 Å². The molecule has 1 aromatic carbocycles. The lowest BCUT2D eigenvalue weighted by Crippen LogP contribution is -2.07.